The molecular formula is C11H12ClN3O. The number of aromatic nitrogens is 3. The van der Waals surface area contributed by atoms with E-state index in [1.165, 1.54) is 15.6 Å². The van der Waals surface area contributed by atoms with Gasteiger partial charge in [0.2, 0.25) is 0 Å². The predicted molar refractivity (Wildman–Crippen MR) is 62.8 cm³/mol. The van der Waals surface area contributed by atoms with E-state index in [0.717, 1.165) is 11.1 Å². The Balaban J connectivity index is 2.34. The maximum atomic E-state index is 11.6. The summed E-state index contributed by atoms with van der Waals surface area (Å²) in [4.78, 5) is 11.6. The Hall–Kier alpha value is -1.55. The smallest absolute Gasteiger partial charge is 0.285 e. The fraction of sp³-hybridized carbons (Fsp3) is 0.273. The van der Waals surface area contributed by atoms with Gasteiger partial charge in [-0.15, -0.1) is 0 Å². The van der Waals surface area contributed by atoms with Crippen molar-refractivity contribution in [1.29, 1.82) is 0 Å². The van der Waals surface area contributed by atoms with Crippen molar-refractivity contribution in [1.82, 2.24) is 14.3 Å². The summed E-state index contributed by atoms with van der Waals surface area (Å²) < 4.78 is 2.82. The van der Waals surface area contributed by atoms with Crippen molar-refractivity contribution in [3.8, 4) is 0 Å². The Morgan fingerprint density at radius 2 is 2.19 bits per heavy atom. The normalized spacial score (nSPS) is 10.7. The molecule has 16 heavy (non-hydrogen) atoms. The van der Waals surface area contributed by atoms with E-state index in [0.29, 0.717) is 11.6 Å². The fourth-order valence-electron chi connectivity index (χ4n) is 1.47. The minimum Gasteiger partial charge on any atom is -0.285 e. The fourth-order valence-corrected chi connectivity index (χ4v) is 1.77. The highest BCUT2D eigenvalue weighted by molar-refractivity contribution is 6.31. The molecule has 0 spiro atoms. The summed E-state index contributed by atoms with van der Waals surface area (Å²) in [6, 6.07) is 5.76. The van der Waals surface area contributed by atoms with Crippen molar-refractivity contribution in [3.63, 3.8) is 0 Å². The minimum atomic E-state index is -0.142. The summed E-state index contributed by atoms with van der Waals surface area (Å²) in [6.07, 6.45) is 1.49. The van der Waals surface area contributed by atoms with Crippen molar-refractivity contribution >= 4 is 11.6 Å². The van der Waals surface area contributed by atoms with E-state index >= 15 is 0 Å². The Bertz CT molecular complexity index is 571. The van der Waals surface area contributed by atoms with Gasteiger partial charge in [-0.3, -0.25) is 4.57 Å². The monoisotopic (exact) mass is 237 g/mol. The lowest BCUT2D eigenvalue weighted by Crippen LogP contribution is -2.23. The summed E-state index contributed by atoms with van der Waals surface area (Å²) in [5, 5.41) is 4.65. The van der Waals surface area contributed by atoms with Gasteiger partial charge < -0.3 is 0 Å². The highest BCUT2D eigenvalue weighted by Gasteiger charge is 2.05. The van der Waals surface area contributed by atoms with Crippen molar-refractivity contribution in [2.75, 3.05) is 0 Å². The van der Waals surface area contributed by atoms with E-state index in [-0.39, 0.29) is 5.69 Å². The van der Waals surface area contributed by atoms with Gasteiger partial charge in [-0.1, -0.05) is 23.7 Å². The minimum absolute atomic E-state index is 0.142. The molecule has 0 N–H and O–H groups in total. The molecule has 1 heterocycles. The van der Waals surface area contributed by atoms with Gasteiger partial charge in [0.05, 0.1) is 6.54 Å². The van der Waals surface area contributed by atoms with Crippen LogP contribution < -0.4 is 5.69 Å². The van der Waals surface area contributed by atoms with Crippen LogP contribution in [0, 0.1) is 6.92 Å². The van der Waals surface area contributed by atoms with Gasteiger partial charge >= 0.3 is 5.69 Å². The van der Waals surface area contributed by atoms with E-state index in [9.17, 15) is 4.79 Å². The Morgan fingerprint density at radius 3 is 2.75 bits per heavy atom. The molecule has 0 atom stereocenters. The lowest BCUT2D eigenvalue weighted by atomic mass is 10.1. The lowest BCUT2D eigenvalue weighted by molar-refractivity contribution is 0.647. The number of hydrogen-bond donors (Lipinski definition) is 0. The molecule has 0 bridgehead atoms. The Labute approximate surface area is 98.1 Å². The van der Waals surface area contributed by atoms with Gasteiger partial charge in [0, 0.05) is 12.1 Å². The maximum Gasteiger partial charge on any atom is 0.345 e. The Kier molecular flexibility index (Phi) is 2.83. The van der Waals surface area contributed by atoms with E-state index in [1.807, 2.05) is 25.1 Å². The Morgan fingerprint density at radius 1 is 1.44 bits per heavy atom. The molecule has 0 saturated carbocycles. The number of hydrogen-bond acceptors (Lipinski definition) is 2. The summed E-state index contributed by atoms with van der Waals surface area (Å²) in [5.74, 6) is 0. The average Bonchev–Trinajstić information content (AvgIpc) is 2.54. The molecule has 2 rings (SSSR count). The molecule has 5 heteroatoms. The molecule has 84 valence electrons. The van der Waals surface area contributed by atoms with Crippen LogP contribution in [-0.2, 0) is 13.6 Å². The first-order valence-electron chi connectivity index (χ1n) is 4.91. The van der Waals surface area contributed by atoms with Gasteiger partial charge in [-0.2, -0.15) is 5.10 Å². The predicted octanol–water partition coefficient (Wildman–Crippen LogP) is 1.59. The van der Waals surface area contributed by atoms with E-state index in [2.05, 4.69) is 5.10 Å². The van der Waals surface area contributed by atoms with E-state index in [4.69, 9.17) is 11.6 Å². The summed E-state index contributed by atoms with van der Waals surface area (Å²) in [6.45, 7) is 2.38. The van der Waals surface area contributed by atoms with Crippen LogP contribution in [0.5, 0.6) is 0 Å². The van der Waals surface area contributed by atoms with Crippen molar-refractivity contribution in [2.45, 2.75) is 13.5 Å². The molecule has 0 aliphatic carbocycles. The molecule has 0 aliphatic rings. The van der Waals surface area contributed by atoms with Gasteiger partial charge in [-0.05, 0) is 24.1 Å². The molecule has 4 nitrogen and oxygen atoms in total. The number of aryl methyl sites for hydroxylation is 2. The second-order valence-electron chi connectivity index (χ2n) is 3.78. The first-order chi connectivity index (χ1) is 7.58. The number of rotatable bonds is 2. The van der Waals surface area contributed by atoms with Crippen LogP contribution in [0.4, 0.5) is 0 Å². The van der Waals surface area contributed by atoms with Gasteiger partial charge in [0.1, 0.15) is 6.33 Å². The van der Waals surface area contributed by atoms with Gasteiger partial charge in [-0.25, -0.2) is 9.48 Å². The molecular weight excluding hydrogens is 226 g/mol. The van der Waals surface area contributed by atoms with Crippen LogP contribution in [0.1, 0.15) is 11.1 Å². The van der Waals surface area contributed by atoms with Crippen molar-refractivity contribution in [2.24, 2.45) is 7.05 Å². The summed E-state index contributed by atoms with van der Waals surface area (Å²) >= 11 is 6.09. The molecule has 1 aromatic carbocycles. The molecule has 1 aromatic heterocycles. The number of halogens is 1. The van der Waals surface area contributed by atoms with E-state index < -0.39 is 0 Å². The SMILES string of the molecule is Cc1ccc(Cn2ncn(C)c2=O)c(Cl)c1. The second kappa shape index (κ2) is 4.14. The van der Waals surface area contributed by atoms with Crippen LogP contribution in [-0.4, -0.2) is 14.3 Å². The number of nitrogens with zero attached hydrogens (tertiary/aromatic N) is 3. The first-order valence-corrected chi connectivity index (χ1v) is 5.29. The zero-order valence-electron chi connectivity index (χ0n) is 9.14. The van der Waals surface area contributed by atoms with Crippen LogP contribution >= 0.6 is 11.6 Å². The highest BCUT2D eigenvalue weighted by Crippen LogP contribution is 2.17. The van der Waals surface area contributed by atoms with Crippen LogP contribution in [0.2, 0.25) is 5.02 Å². The topological polar surface area (TPSA) is 39.8 Å². The molecule has 0 amide bonds. The number of benzene rings is 1. The average molecular weight is 238 g/mol. The third-order valence-corrected chi connectivity index (χ3v) is 2.77. The maximum absolute atomic E-state index is 11.6. The quantitative estimate of drug-likeness (QED) is 0.796. The van der Waals surface area contributed by atoms with Crippen LogP contribution in [0.15, 0.2) is 29.3 Å². The molecule has 0 radical (unpaired) electrons. The summed E-state index contributed by atoms with van der Waals surface area (Å²) in [5.41, 5.74) is 1.85. The zero-order chi connectivity index (χ0) is 11.7. The molecule has 0 fully saturated rings. The third kappa shape index (κ3) is 2.02. The van der Waals surface area contributed by atoms with Crippen LogP contribution in [0.25, 0.3) is 0 Å². The molecule has 0 unspecified atom stereocenters. The molecule has 0 aliphatic heterocycles. The van der Waals surface area contributed by atoms with Gasteiger partial charge in [0.25, 0.3) is 0 Å². The van der Waals surface area contributed by atoms with Crippen molar-refractivity contribution in [3.05, 3.63) is 51.2 Å². The van der Waals surface area contributed by atoms with E-state index in [1.54, 1.807) is 7.05 Å². The van der Waals surface area contributed by atoms with Gasteiger partial charge in [0.15, 0.2) is 0 Å². The first kappa shape index (κ1) is 11.0. The standard InChI is InChI=1S/C11H12ClN3O/c1-8-3-4-9(10(12)5-8)6-15-11(16)14(2)7-13-15/h3-5,7H,6H2,1-2H3. The zero-order valence-corrected chi connectivity index (χ0v) is 9.90. The molecule has 2 aromatic rings. The van der Waals surface area contributed by atoms with Crippen LogP contribution in [0.3, 0.4) is 0 Å². The molecule has 0 saturated heterocycles. The lowest BCUT2D eigenvalue weighted by Gasteiger charge is -2.04. The summed E-state index contributed by atoms with van der Waals surface area (Å²) in [7, 11) is 1.67. The largest absolute Gasteiger partial charge is 0.345 e. The van der Waals surface area contributed by atoms with Crippen molar-refractivity contribution < 1.29 is 0 Å². The highest BCUT2D eigenvalue weighted by atomic mass is 35.5. The third-order valence-electron chi connectivity index (χ3n) is 2.42. The second-order valence-corrected chi connectivity index (χ2v) is 4.18.